The fourth-order valence-electron chi connectivity index (χ4n) is 6.56. The van der Waals surface area contributed by atoms with E-state index >= 15 is 0 Å². The largest absolute Gasteiger partial charge is 0.233 e. The molecule has 4 aromatic rings. The molecule has 0 heterocycles. The summed E-state index contributed by atoms with van der Waals surface area (Å²) in [5.41, 5.74) is 12.3. The maximum Gasteiger partial charge on any atom is 0.160 e. The van der Waals surface area contributed by atoms with Gasteiger partial charge in [0, 0.05) is 16.7 Å². The first kappa shape index (κ1) is 32.3. The zero-order chi connectivity index (χ0) is 32.5. The second-order valence-corrected chi connectivity index (χ2v) is 11.8. The second kappa shape index (κ2) is 14.8. The van der Waals surface area contributed by atoms with Crippen LogP contribution in [0.5, 0.6) is 0 Å². The van der Waals surface area contributed by atoms with Gasteiger partial charge in [0.05, 0.1) is 5.70 Å². The van der Waals surface area contributed by atoms with Gasteiger partial charge >= 0.3 is 0 Å². The van der Waals surface area contributed by atoms with Gasteiger partial charge in [0.25, 0.3) is 0 Å². The van der Waals surface area contributed by atoms with E-state index in [1.54, 1.807) is 12.2 Å². The van der Waals surface area contributed by atoms with Crippen LogP contribution in [0.3, 0.4) is 0 Å². The Kier molecular flexibility index (Phi) is 10.4. The summed E-state index contributed by atoms with van der Waals surface area (Å²) in [5.74, 6) is 0.608. The van der Waals surface area contributed by atoms with Gasteiger partial charge in [-0.25, -0.2) is 9.98 Å². The first-order valence-corrected chi connectivity index (χ1v) is 16.3. The van der Waals surface area contributed by atoms with Crippen LogP contribution in [0.2, 0.25) is 0 Å². The third kappa shape index (κ3) is 6.77. The standard InChI is InChI=1S/C44H44N2/c1-7-17-34(8-2)32(5)45-43(38-19-12-11-13-20-38)46-33(6)35-24-28-39(29-25-35)44(9-3,10-4)40-30-26-37(27-31-40)42-23-16-21-36-18-14-15-22-41(36)42/h7-8,11-15,17-20,22-31H,1-2,6,9-10,16,21H2,3-5H3/b34-17+,45-32?,46-43?. The van der Waals surface area contributed by atoms with Crippen LogP contribution in [-0.4, -0.2) is 11.5 Å². The fourth-order valence-corrected chi connectivity index (χ4v) is 6.56. The lowest BCUT2D eigenvalue weighted by Crippen LogP contribution is -2.26. The van der Waals surface area contributed by atoms with E-state index in [1.165, 1.54) is 33.4 Å². The minimum absolute atomic E-state index is 0.0876. The SMILES string of the molecule is C=C/C=C(\C=C)C(C)=NC(=NC(=C)c1ccc(C(CC)(CC)c2ccc(C3=CCCc4ccccc43)cc2)cc1)c1ccccc1. The third-order valence-electron chi connectivity index (χ3n) is 9.28. The summed E-state index contributed by atoms with van der Waals surface area (Å²) < 4.78 is 0. The molecule has 0 aromatic heterocycles. The smallest absolute Gasteiger partial charge is 0.160 e. The molecule has 0 radical (unpaired) electrons. The van der Waals surface area contributed by atoms with E-state index in [0.29, 0.717) is 11.5 Å². The molecular formula is C44H44N2. The number of allylic oxidation sites excluding steroid dienone is 5. The van der Waals surface area contributed by atoms with E-state index in [2.05, 4.69) is 112 Å². The molecule has 0 saturated carbocycles. The Morgan fingerprint density at radius 2 is 1.39 bits per heavy atom. The molecule has 0 saturated heterocycles. The number of rotatable bonds is 11. The molecule has 0 amide bonds. The number of aryl methyl sites for hydroxylation is 1. The number of aliphatic imine (C=N–C) groups is 2. The lowest BCUT2D eigenvalue weighted by atomic mass is 9.70. The lowest BCUT2D eigenvalue weighted by Gasteiger charge is -2.33. The number of nitrogens with zero attached hydrogens (tertiary/aromatic N) is 2. The topological polar surface area (TPSA) is 24.7 Å². The van der Waals surface area contributed by atoms with Crippen LogP contribution in [0.25, 0.3) is 11.3 Å². The molecule has 0 N–H and O–H groups in total. The Morgan fingerprint density at radius 1 is 0.761 bits per heavy atom. The van der Waals surface area contributed by atoms with Crippen LogP contribution >= 0.6 is 0 Å². The minimum Gasteiger partial charge on any atom is -0.233 e. The average Bonchev–Trinajstić information content (AvgIpc) is 3.11. The van der Waals surface area contributed by atoms with Crippen LogP contribution in [0, 0.1) is 0 Å². The minimum atomic E-state index is -0.0876. The van der Waals surface area contributed by atoms with Gasteiger partial charge in [-0.1, -0.05) is 161 Å². The van der Waals surface area contributed by atoms with Crippen molar-refractivity contribution in [1.29, 1.82) is 0 Å². The van der Waals surface area contributed by atoms with Crippen molar-refractivity contribution in [1.82, 2.24) is 0 Å². The highest BCUT2D eigenvalue weighted by molar-refractivity contribution is 6.13. The average molecular weight is 601 g/mol. The Morgan fingerprint density at radius 3 is 2.02 bits per heavy atom. The van der Waals surface area contributed by atoms with Crippen molar-refractivity contribution in [2.45, 2.75) is 51.9 Å². The molecule has 1 aliphatic carbocycles. The zero-order valence-corrected chi connectivity index (χ0v) is 27.5. The quantitative estimate of drug-likeness (QED) is 0.0929. The highest BCUT2D eigenvalue weighted by Gasteiger charge is 2.31. The second-order valence-electron chi connectivity index (χ2n) is 11.8. The van der Waals surface area contributed by atoms with Crippen LogP contribution in [-0.2, 0) is 11.8 Å². The Labute approximate surface area is 275 Å². The van der Waals surface area contributed by atoms with E-state index < -0.39 is 0 Å². The highest BCUT2D eigenvalue weighted by Crippen LogP contribution is 2.40. The van der Waals surface area contributed by atoms with E-state index in [4.69, 9.17) is 9.98 Å². The van der Waals surface area contributed by atoms with E-state index in [1.807, 2.05) is 43.3 Å². The molecule has 0 atom stereocenters. The van der Waals surface area contributed by atoms with Crippen molar-refractivity contribution >= 4 is 22.8 Å². The summed E-state index contributed by atoms with van der Waals surface area (Å²) in [6.45, 7) is 18.6. The molecule has 1 aliphatic rings. The number of hydrogen-bond donors (Lipinski definition) is 0. The Bertz CT molecular complexity index is 1820. The monoisotopic (exact) mass is 600 g/mol. The van der Waals surface area contributed by atoms with Gasteiger partial charge in [0.1, 0.15) is 0 Å². The zero-order valence-electron chi connectivity index (χ0n) is 27.5. The van der Waals surface area contributed by atoms with Gasteiger partial charge in [-0.2, -0.15) is 0 Å². The van der Waals surface area contributed by atoms with Crippen molar-refractivity contribution in [2.75, 3.05) is 0 Å². The molecule has 0 bridgehead atoms. The Hall–Kier alpha value is -5.08. The van der Waals surface area contributed by atoms with Crippen LogP contribution in [0.4, 0.5) is 0 Å². The Balaban J connectivity index is 1.44. The normalized spacial score (nSPS) is 13.9. The van der Waals surface area contributed by atoms with Crippen molar-refractivity contribution in [3.05, 3.63) is 192 Å². The van der Waals surface area contributed by atoms with Crippen molar-refractivity contribution in [3.63, 3.8) is 0 Å². The first-order chi connectivity index (χ1) is 22.4. The number of amidine groups is 1. The van der Waals surface area contributed by atoms with Crippen molar-refractivity contribution in [3.8, 4) is 0 Å². The summed E-state index contributed by atoms with van der Waals surface area (Å²) in [7, 11) is 0. The molecule has 0 unspecified atom stereocenters. The lowest BCUT2D eigenvalue weighted by molar-refractivity contribution is 0.478. The predicted molar refractivity (Wildman–Crippen MR) is 200 cm³/mol. The van der Waals surface area contributed by atoms with Crippen LogP contribution in [0.15, 0.2) is 163 Å². The third-order valence-corrected chi connectivity index (χ3v) is 9.28. The highest BCUT2D eigenvalue weighted by atomic mass is 14.9. The number of benzene rings is 4. The summed E-state index contributed by atoms with van der Waals surface area (Å²) in [4.78, 5) is 9.83. The van der Waals surface area contributed by atoms with E-state index in [9.17, 15) is 0 Å². The van der Waals surface area contributed by atoms with Gasteiger partial charge in [-0.15, -0.1) is 0 Å². The fraction of sp³-hybridized carbons (Fsp3) is 0.182. The summed E-state index contributed by atoms with van der Waals surface area (Å²) in [6.07, 6.45) is 12.0. The van der Waals surface area contributed by atoms with Crippen molar-refractivity contribution < 1.29 is 0 Å². The molecule has 4 aromatic carbocycles. The van der Waals surface area contributed by atoms with E-state index in [0.717, 1.165) is 48.1 Å². The summed E-state index contributed by atoms with van der Waals surface area (Å²) in [6, 6.07) is 36.9. The van der Waals surface area contributed by atoms with Gasteiger partial charge in [0.15, 0.2) is 5.84 Å². The molecular weight excluding hydrogens is 556 g/mol. The maximum atomic E-state index is 4.94. The molecule has 0 fully saturated rings. The number of fused-ring (bicyclic) bond motifs is 1. The van der Waals surface area contributed by atoms with E-state index in [-0.39, 0.29) is 5.41 Å². The summed E-state index contributed by atoms with van der Waals surface area (Å²) in [5, 5.41) is 0. The van der Waals surface area contributed by atoms with Gasteiger partial charge < -0.3 is 0 Å². The summed E-state index contributed by atoms with van der Waals surface area (Å²) >= 11 is 0. The first-order valence-electron chi connectivity index (χ1n) is 16.3. The van der Waals surface area contributed by atoms with Gasteiger partial charge in [0.2, 0.25) is 0 Å². The van der Waals surface area contributed by atoms with Crippen molar-refractivity contribution in [2.24, 2.45) is 9.98 Å². The molecule has 0 spiro atoms. The molecule has 0 aliphatic heterocycles. The maximum absolute atomic E-state index is 4.94. The number of hydrogen-bond acceptors (Lipinski definition) is 1. The predicted octanol–water partition coefficient (Wildman–Crippen LogP) is 11.3. The molecule has 46 heavy (non-hydrogen) atoms. The van der Waals surface area contributed by atoms with Crippen LogP contribution < -0.4 is 0 Å². The molecule has 230 valence electrons. The molecule has 5 rings (SSSR count). The molecule has 2 heteroatoms. The van der Waals surface area contributed by atoms with Gasteiger partial charge in [-0.3, -0.25) is 0 Å². The van der Waals surface area contributed by atoms with Gasteiger partial charge in [-0.05, 0) is 77.1 Å². The van der Waals surface area contributed by atoms with Crippen LogP contribution in [0.1, 0.15) is 79.0 Å². The molecule has 2 nitrogen and oxygen atoms in total.